The summed E-state index contributed by atoms with van der Waals surface area (Å²) >= 11 is 5.68. The van der Waals surface area contributed by atoms with Crippen LogP contribution in [0, 0.1) is 0 Å². The molecule has 0 saturated carbocycles. The fraction of sp³-hybridized carbons (Fsp3) is 0.250. The summed E-state index contributed by atoms with van der Waals surface area (Å²) in [7, 11) is -3.40. The predicted molar refractivity (Wildman–Crippen MR) is 88.2 cm³/mol. The van der Waals surface area contributed by atoms with E-state index in [9.17, 15) is 8.42 Å². The maximum Gasteiger partial charge on any atom is 0.236 e. The molecule has 2 aromatic carbocycles. The average Bonchev–Trinajstić information content (AvgIpc) is 2.45. The summed E-state index contributed by atoms with van der Waals surface area (Å²) < 4.78 is 26.9. The zero-order chi connectivity index (χ0) is 15.1. The second-order valence-electron chi connectivity index (χ2n) is 4.84. The van der Waals surface area contributed by atoms with Crippen LogP contribution in [-0.2, 0) is 22.2 Å². The number of benzene rings is 2. The normalized spacial score (nSPS) is 11.3. The maximum absolute atomic E-state index is 12.2. The van der Waals surface area contributed by atoms with Crippen molar-refractivity contribution in [3.05, 3.63) is 65.7 Å². The Hall–Kier alpha value is -1.52. The summed E-state index contributed by atoms with van der Waals surface area (Å²) in [5, 5.41) is 0. The van der Waals surface area contributed by atoms with E-state index in [1.165, 1.54) is 0 Å². The van der Waals surface area contributed by atoms with Crippen molar-refractivity contribution < 1.29 is 8.42 Å². The molecule has 0 aromatic heterocycles. The zero-order valence-corrected chi connectivity index (χ0v) is 13.2. The molecular formula is C16H18ClNO2S. The van der Waals surface area contributed by atoms with Crippen molar-refractivity contribution in [3.8, 4) is 0 Å². The fourth-order valence-corrected chi connectivity index (χ4v) is 3.39. The average molecular weight is 324 g/mol. The third kappa shape index (κ3) is 5.40. The van der Waals surface area contributed by atoms with E-state index in [2.05, 4.69) is 4.72 Å². The quantitative estimate of drug-likeness (QED) is 0.788. The van der Waals surface area contributed by atoms with E-state index < -0.39 is 10.0 Å². The molecule has 0 amide bonds. The van der Waals surface area contributed by atoms with Crippen molar-refractivity contribution in [3.63, 3.8) is 0 Å². The lowest BCUT2D eigenvalue weighted by molar-refractivity contribution is 0.600. The Morgan fingerprint density at radius 1 is 0.952 bits per heavy atom. The van der Waals surface area contributed by atoms with Crippen molar-refractivity contribution in [2.45, 2.75) is 18.6 Å². The molecule has 0 radical (unpaired) electrons. The largest absolute Gasteiger partial charge is 0.283 e. The Bertz CT molecular complexity index is 672. The van der Waals surface area contributed by atoms with Crippen LogP contribution in [-0.4, -0.2) is 14.3 Å². The number of hydrogen-bond acceptors (Lipinski definition) is 2. The lowest BCUT2D eigenvalue weighted by Gasteiger charge is -2.09. The van der Waals surface area contributed by atoms with Crippen LogP contribution in [0.1, 0.15) is 17.5 Å². The number of alkyl halides is 1. The smallest absolute Gasteiger partial charge is 0.236 e. The first-order valence-electron chi connectivity index (χ1n) is 6.78. The first-order chi connectivity index (χ1) is 10.1. The molecule has 0 aliphatic carbocycles. The van der Waals surface area contributed by atoms with Crippen LogP contribution < -0.4 is 4.72 Å². The molecule has 2 aromatic rings. The molecule has 0 aliphatic rings. The van der Waals surface area contributed by atoms with E-state index in [1.54, 1.807) is 18.2 Å². The van der Waals surface area contributed by atoms with Gasteiger partial charge in [-0.15, -0.1) is 11.6 Å². The summed E-state index contributed by atoms with van der Waals surface area (Å²) in [5.41, 5.74) is 2.44. The highest BCUT2D eigenvalue weighted by molar-refractivity contribution is 7.91. The van der Waals surface area contributed by atoms with Gasteiger partial charge in [0.2, 0.25) is 10.0 Å². The molecule has 5 heteroatoms. The number of sulfonamides is 1. The highest BCUT2D eigenvalue weighted by Crippen LogP contribution is 2.16. The molecule has 21 heavy (non-hydrogen) atoms. The van der Waals surface area contributed by atoms with Crippen LogP contribution in [0.25, 0.3) is 0 Å². The van der Waals surface area contributed by atoms with E-state index in [0.29, 0.717) is 11.6 Å². The lowest BCUT2D eigenvalue weighted by atomic mass is 10.1. The van der Waals surface area contributed by atoms with E-state index in [1.807, 2.05) is 36.4 Å². The minimum absolute atomic E-state index is 0.0280. The fourth-order valence-electron chi connectivity index (χ4n) is 2.07. The van der Waals surface area contributed by atoms with Gasteiger partial charge in [-0.05, 0) is 36.1 Å². The van der Waals surface area contributed by atoms with Crippen molar-refractivity contribution >= 4 is 27.3 Å². The molecule has 0 unspecified atom stereocenters. The first-order valence-corrected chi connectivity index (χ1v) is 8.97. The van der Waals surface area contributed by atoms with Gasteiger partial charge in [-0.2, -0.15) is 0 Å². The van der Waals surface area contributed by atoms with Gasteiger partial charge in [0.15, 0.2) is 0 Å². The zero-order valence-electron chi connectivity index (χ0n) is 11.6. The van der Waals surface area contributed by atoms with Crippen molar-refractivity contribution in [1.29, 1.82) is 0 Å². The Morgan fingerprint density at radius 3 is 2.38 bits per heavy atom. The molecule has 0 spiro atoms. The second-order valence-corrected chi connectivity index (χ2v) is 6.94. The predicted octanol–water partition coefficient (Wildman–Crippen LogP) is 3.80. The molecule has 0 aliphatic heterocycles. The molecule has 0 saturated heterocycles. The molecule has 0 bridgehead atoms. The van der Waals surface area contributed by atoms with E-state index >= 15 is 0 Å². The standard InChI is InChI=1S/C16H18ClNO2S/c17-11-5-9-14-8-4-10-16(12-14)18-21(19,20)13-15-6-2-1-3-7-15/h1-4,6-8,10,12,18H,5,9,11,13H2. The topological polar surface area (TPSA) is 46.2 Å². The maximum atomic E-state index is 12.2. The molecule has 2 rings (SSSR count). The number of halogens is 1. The van der Waals surface area contributed by atoms with Gasteiger partial charge in [-0.1, -0.05) is 42.5 Å². The third-order valence-electron chi connectivity index (χ3n) is 3.00. The molecule has 3 nitrogen and oxygen atoms in total. The SMILES string of the molecule is O=S(=O)(Cc1ccccc1)Nc1cccc(CCCCl)c1. The monoisotopic (exact) mass is 323 g/mol. The Kier molecular flexibility index (Phi) is 5.65. The van der Waals surface area contributed by atoms with Gasteiger partial charge in [0.05, 0.1) is 5.75 Å². The minimum atomic E-state index is -3.40. The van der Waals surface area contributed by atoms with Crippen LogP contribution in [0.5, 0.6) is 0 Å². The number of hydrogen-bond donors (Lipinski definition) is 1. The Labute approximate surface area is 131 Å². The van der Waals surface area contributed by atoms with Crippen LogP contribution in [0.2, 0.25) is 0 Å². The summed E-state index contributed by atoms with van der Waals surface area (Å²) in [4.78, 5) is 0. The van der Waals surface area contributed by atoms with Gasteiger partial charge in [0.25, 0.3) is 0 Å². The van der Waals surface area contributed by atoms with E-state index in [4.69, 9.17) is 11.6 Å². The van der Waals surface area contributed by atoms with Crippen molar-refractivity contribution in [2.24, 2.45) is 0 Å². The highest BCUT2D eigenvalue weighted by atomic mass is 35.5. The Balaban J connectivity index is 2.06. The van der Waals surface area contributed by atoms with E-state index in [0.717, 1.165) is 24.0 Å². The van der Waals surface area contributed by atoms with Crippen LogP contribution in [0.15, 0.2) is 54.6 Å². The van der Waals surface area contributed by atoms with Crippen LogP contribution >= 0.6 is 11.6 Å². The minimum Gasteiger partial charge on any atom is -0.283 e. The number of anilines is 1. The van der Waals surface area contributed by atoms with Gasteiger partial charge in [-0.3, -0.25) is 4.72 Å². The lowest BCUT2D eigenvalue weighted by Crippen LogP contribution is -2.15. The number of nitrogens with one attached hydrogen (secondary N) is 1. The van der Waals surface area contributed by atoms with Crippen molar-refractivity contribution in [1.82, 2.24) is 0 Å². The molecule has 0 heterocycles. The van der Waals surface area contributed by atoms with Gasteiger partial charge < -0.3 is 0 Å². The third-order valence-corrected chi connectivity index (χ3v) is 4.53. The van der Waals surface area contributed by atoms with Gasteiger partial charge in [0, 0.05) is 11.6 Å². The van der Waals surface area contributed by atoms with Gasteiger partial charge in [0.1, 0.15) is 0 Å². The molecular weight excluding hydrogens is 306 g/mol. The molecule has 1 N–H and O–H groups in total. The second kappa shape index (κ2) is 7.48. The Morgan fingerprint density at radius 2 is 1.67 bits per heavy atom. The first kappa shape index (κ1) is 15.9. The molecule has 112 valence electrons. The summed E-state index contributed by atoms with van der Waals surface area (Å²) in [6, 6.07) is 16.6. The number of rotatable bonds is 7. The van der Waals surface area contributed by atoms with Crippen molar-refractivity contribution in [2.75, 3.05) is 10.6 Å². The number of aryl methyl sites for hydroxylation is 1. The van der Waals surface area contributed by atoms with E-state index in [-0.39, 0.29) is 5.75 Å². The van der Waals surface area contributed by atoms with Crippen LogP contribution in [0.3, 0.4) is 0 Å². The summed E-state index contributed by atoms with van der Waals surface area (Å²) in [6.45, 7) is 0. The van der Waals surface area contributed by atoms with Gasteiger partial charge >= 0.3 is 0 Å². The van der Waals surface area contributed by atoms with Crippen LogP contribution in [0.4, 0.5) is 5.69 Å². The summed E-state index contributed by atoms with van der Waals surface area (Å²) in [6.07, 6.45) is 1.72. The summed E-state index contributed by atoms with van der Waals surface area (Å²) in [5.74, 6) is 0.573. The highest BCUT2D eigenvalue weighted by Gasteiger charge is 2.11. The molecule has 0 fully saturated rings. The van der Waals surface area contributed by atoms with Gasteiger partial charge in [-0.25, -0.2) is 8.42 Å². The molecule has 0 atom stereocenters.